The molecule has 0 heterocycles. The summed E-state index contributed by atoms with van der Waals surface area (Å²) in [5, 5.41) is 10.5. The van der Waals surface area contributed by atoms with Crippen molar-refractivity contribution in [3.05, 3.63) is 39.4 Å². The molecule has 0 atom stereocenters. The van der Waals surface area contributed by atoms with Crippen LogP contribution in [0.2, 0.25) is 0 Å². The lowest BCUT2D eigenvalue weighted by Crippen LogP contribution is -1.91. The second-order valence-corrected chi connectivity index (χ2v) is 3.03. The fourth-order valence-electron chi connectivity index (χ4n) is 1.08. The van der Waals surface area contributed by atoms with E-state index in [1.165, 1.54) is 6.07 Å². The molecule has 0 fully saturated rings. The maximum atomic E-state index is 10.5. The van der Waals surface area contributed by atoms with Crippen molar-refractivity contribution in [3.63, 3.8) is 0 Å². The number of rotatable bonds is 1. The Labute approximate surface area is 87.7 Å². The highest BCUT2D eigenvalue weighted by molar-refractivity contribution is 7.80. The summed E-state index contributed by atoms with van der Waals surface area (Å²) in [6, 6.07) is 4.81. The molecule has 3 nitrogen and oxygen atoms in total. The number of nitrogens with zero attached hydrogens (tertiary/aromatic N) is 1. The van der Waals surface area contributed by atoms with Gasteiger partial charge in [-0.25, -0.2) is 0 Å². The standard InChI is InChI=1S/C10H9NO2S/c1-8-7-9(3-2-6-14)4-5-10(8)11(12)13/h4-5,7,14H,6H2,1H3. The van der Waals surface area contributed by atoms with Crippen LogP contribution in [0, 0.1) is 28.9 Å². The lowest BCUT2D eigenvalue weighted by molar-refractivity contribution is -0.385. The molecule has 1 aromatic rings. The van der Waals surface area contributed by atoms with Gasteiger partial charge >= 0.3 is 0 Å². The molecule has 72 valence electrons. The number of nitro groups is 1. The molecule has 1 rings (SSSR count). The third-order valence-corrected chi connectivity index (χ3v) is 1.86. The second kappa shape index (κ2) is 4.68. The molecule has 0 saturated heterocycles. The van der Waals surface area contributed by atoms with Crippen LogP contribution in [0.4, 0.5) is 5.69 Å². The van der Waals surface area contributed by atoms with E-state index in [9.17, 15) is 10.1 Å². The van der Waals surface area contributed by atoms with Crippen LogP contribution in [0.25, 0.3) is 0 Å². The van der Waals surface area contributed by atoms with E-state index in [2.05, 4.69) is 24.5 Å². The van der Waals surface area contributed by atoms with Crippen molar-refractivity contribution >= 4 is 18.3 Å². The topological polar surface area (TPSA) is 43.1 Å². The summed E-state index contributed by atoms with van der Waals surface area (Å²) >= 11 is 3.95. The quantitative estimate of drug-likeness (QED) is 0.332. The van der Waals surface area contributed by atoms with Crippen LogP contribution in [0.1, 0.15) is 11.1 Å². The first-order valence-electron chi connectivity index (χ1n) is 4.00. The number of nitro benzene ring substituents is 1. The van der Waals surface area contributed by atoms with E-state index in [-0.39, 0.29) is 5.69 Å². The van der Waals surface area contributed by atoms with Gasteiger partial charge in [-0.2, -0.15) is 12.6 Å². The van der Waals surface area contributed by atoms with Crippen LogP contribution in [0.5, 0.6) is 0 Å². The van der Waals surface area contributed by atoms with Crippen molar-refractivity contribution < 1.29 is 4.92 Å². The molecule has 14 heavy (non-hydrogen) atoms. The van der Waals surface area contributed by atoms with Crippen LogP contribution in [-0.2, 0) is 0 Å². The zero-order valence-corrected chi connectivity index (χ0v) is 8.54. The molecule has 0 aliphatic rings. The molecule has 0 bridgehead atoms. The summed E-state index contributed by atoms with van der Waals surface area (Å²) in [5.41, 5.74) is 1.53. The summed E-state index contributed by atoms with van der Waals surface area (Å²) < 4.78 is 0. The maximum absolute atomic E-state index is 10.5. The Morgan fingerprint density at radius 2 is 2.29 bits per heavy atom. The minimum atomic E-state index is -0.398. The van der Waals surface area contributed by atoms with Crippen molar-refractivity contribution in [3.8, 4) is 11.8 Å². The highest BCUT2D eigenvalue weighted by atomic mass is 32.1. The van der Waals surface area contributed by atoms with Crippen molar-refractivity contribution in [1.29, 1.82) is 0 Å². The summed E-state index contributed by atoms with van der Waals surface area (Å²) in [6.45, 7) is 1.70. The van der Waals surface area contributed by atoms with E-state index in [4.69, 9.17) is 0 Å². The van der Waals surface area contributed by atoms with Gasteiger partial charge in [0.2, 0.25) is 0 Å². The fourth-order valence-corrected chi connectivity index (χ4v) is 1.16. The normalized spacial score (nSPS) is 9.00. The second-order valence-electron chi connectivity index (χ2n) is 2.72. The Bertz CT molecular complexity index is 418. The first-order chi connectivity index (χ1) is 6.65. The Kier molecular flexibility index (Phi) is 3.55. The van der Waals surface area contributed by atoms with Gasteiger partial charge in [0.1, 0.15) is 0 Å². The Morgan fingerprint density at radius 1 is 1.57 bits per heavy atom. The van der Waals surface area contributed by atoms with E-state index in [1.54, 1.807) is 19.1 Å². The number of hydrogen-bond donors (Lipinski definition) is 1. The van der Waals surface area contributed by atoms with E-state index >= 15 is 0 Å². The largest absolute Gasteiger partial charge is 0.272 e. The predicted molar refractivity (Wildman–Crippen MR) is 58.6 cm³/mol. The molecule has 0 aliphatic heterocycles. The minimum absolute atomic E-state index is 0.126. The Hall–Kier alpha value is -1.47. The maximum Gasteiger partial charge on any atom is 0.272 e. The SMILES string of the molecule is Cc1cc(C#CCS)ccc1[N+](=O)[O-]. The summed E-state index contributed by atoms with van der Waals surface area (Å²) in [5.74, 6) is 6.12. The van der Waals surface area contributed by atoms with Gasteiger partial charge in [0.25, 0.3) is 5.69 Å². The summed E-state index contributed by atoms with van der Waals surface area (Å²) in [7, 11) is 0. The monoisotopic (exact) mass is 207 g/mol. The number of benzene rings is 1. The van der Waals surface area contributed by atoms with E-state index in [0.29, 0.717) is 11.3 Å². The van der Waals surface area contributed by atoms with Gasteiger partial charge in [-0.15, -0.1) is 0 Å². The molecule has 0 saturated carbocycles. The first kappa shape index (κ1) is 10.6. The molecule has 0 spiro atoms. The first-order valence-corrected chi connectivity index (χ1v) is 4.63. The smallest absolute Gasteiger partial charge is 0.258 e. The van der Waals surface area contributed by atoms with Gasteiger partial charge in [-0.05, 0) is 19.1 Å². The average molecular weight is 207 g/mol. The van der Waals surface area contributed by atoms with Crippen LogP contribution in [0.15, 0.2) is 18.2 Å². The zero-order chi connectivity index (χ0) is 10.6. The van der Waals surface area contributed by atoms with Crippen molar-refractivity contribution in [2.24, 2.45) is 0 Å². The number of hydrogen-bond acceptors (Lipinski definition) is 3. The van der Waals surface area contributed by atoms with Crippen LogP contribution >= 0.6 is 12.6 Å². The number of aryl methyl sites for hydroxylation is 1. The number of thiol groups is 1. The van der Waals surface area contributed by atoms with Gasteiger partial charge < -0.3 is 0 Å². The van der Waals surface area contributed by atoms with Crippen LogP contribution in [-0.4, -0.2) is 10.7 Å². The molecule has 0 radical (unpaired) electrons. The Balaban J connectivity index is 3.06. The third-order valence-electron chi connectivity index (χ3n) is 1.71. The lowest BCUT2D eigenvalue weighted by atomic mass is 10.1. The fraction of sp³-hybridized carbons (Fsp3) is 0.200. The van der Waals surface area contributed by atoms with Gasteiger partial charge in [0.15, 0.2) is 0 Å². The van der Waals surface area contributed by atoms with Crippen LogP contribution in [0.3, 0.4) is 0 Å². The molecular weight excluding hydrogens is 198 g/mol. The zero-order valence-electron chi connectivity index (χ0n) is 7.65. The minimum Gasteiger partial charge on any atom is -0.258 e. The van der Waals surface area contributed by atoms with Crippen molar-refractivity contribution in [2.45, 2.75) is 6.92 Å². The van der Waals surface area contributed by atoms with Crippen molar-refractivity contribution in [1.82, 2.24) is 0 Å². The highest BCUT2D eigenvalue weighted by Crippen LogP contribution is 2.17. The molecule has 0 unspecified atom stereocenters. The molecule has 0 aromatic heterocycles. The van der Waals surface area contributed by atoms with Gasteiger partial charge in [0, 0.05) is 17.2 Å². The van der Waals surface area contributed by atoms with Gasteiger partial charge in [-0.3, -0.25) is 10.1 Å². The molecular formula is C10H9NO2S. The van der Waals surface area contributed by atoms with E-state index in [1.807, 2.05) is 0 Å². The van der Waals surface area contributed by atoms with Gasteiger partial charge in [0.05, 0.1) is 10.7 Å². The molecule has 0 N–H and O–H groups in total. The predicted octanol–water partition coefficient (Wildman–Crippen LogP) is 2.18. The lowest BCUT2D eigenvalue weighted by Gasteiger charge is -1.96. The third kappa shape index (κ3) is 2.51. The summed E-state index contributed by atoms with van der Waals surface area (Å²) in [4.78, 5) is 10.1. The van der Waals surface area contributed by atoms with E-state index < -0.39 is 4.92 Å². The molecule has 4 heteroatoms. The molecule has 0 aliphatic carbocycles. The average Bonchev–Trinajstić information content (AvgIpc) is 2.14. The van der Waals surface area contributed by atoms with E-state index in [0.717, 1.165) is 5.56 Å². The van der Waals surface area contributed by atoms with Crippen molar-refractivity contribution in [2.75, 3.05) is 5.75 Å². The highest BCUT2D eigenvalue weighted by Gasteiger charge is 2.08. The Morgan fingerprint density at radius 3 is 2.79 bits per heavy atom. The van der Waals surface area contributed by atoms with Gasteiger partial charge in [-0.1, -0.05) is 11.8 Å². The molecule has 1 aromatic carbocycles. The van der Waals surface area contributed by atoms with Crippen LogP contribution < -0.4 is 0 Å². The molecule has 0 amide bonds. The summed E-state index contributed by atoms with van der Waals surface area (Å²) in [6.07, 6.45) is 0.